The van der Waals surface area contributed by atoms with Gasteiger partial charge in [0.15, 0.2) is 0 Å². The first kappa shape index (κ1) is 23.9. The molecule has 1 saturated heterocycles. The summed E-state index contributed by atoms with van der Waals surface area (Å²) in [5.74, 6) is -1.07. The summed E-state index contributed by atoms with van der Waals surface area (Å²) in [6.07, 6.45) is 0.178. The molecule has 2 amide bonds. The Hall–Kier alpha value is -2.41. The summed E-state index contributed by atoms with van der Waals surface area (Å²) in [4.78, 5) is 43.2. The molecule has 0 saturated carbocycles. The van der Waals surface area contributed by atoms with Crippen molar-refractivity contribution < 1.29 is 19.1 Å². The van der Waals surface area contributed by atoms with Crippen LogP contribution in [0.3, 0.4) is 0 Å². The van der Waals surface area contributed by atoms with Gasteiger partial charge in [0.05, 0.1) is 5.92 Å². The van der Waals surface area contributed by atoms with E-state index in [2.05, 4.69) is 0 Å². The first-order valence-electron chi connectivity index (χ1n) is 10.4. The fraction of sp³-hybridized carbons (Fsp3) is 0.609. The van der Waals surface area contributed by atoms with E-state index >= 15 is 0 Å². The quantitative estimate of drug-likeness (QED) is 0.606. The van der Waals surface area contributed by atoms with Gasteiger partial charge in [-0.2, -0.15) is 0 Å². The number of amides is 2. The van der Waals surface area contributed by atoms with Gasteiger partial charge in [-0.05, 0) is 47.4 Å². The largest absolute Gasteiger partial charge is 0.459 e. The second kappa shape index (κ2) is 10.1. The van der Waals surface area contributed by atoms with Crippen LogP contribution in [0.2, 0.25) is 0 Å². The molecule has 0 N–H and O–H groups in total. The lowest BCUT2D eigenvalue weighted by molar-refractivity contribution is -0.159. The van der Waals surface area contributed by atoms with Gasteiger partial charge < -0.3 is 19.4 Å². The first-order chi connectivity index (χ1) is 13.9. The first-order valence-corrected chi connectivity index (χ1v) is 10.4. The number of benzene rings is 1. The highest BCUT2D eigenvalue weighted by Crippen LogP contribution is 2.23. The average Bonchev–Trinajstić information content (AvgIpc) is 2.99. The number of likely N-dealkylation sites (N-methyl/N-ethyl adjacent to an activating group) is 1. The van der Waals surface area contributed by atoms with Crippen molar-refractivity contribution in [1.82, 2.24) is 14.7 Å². The molecule has 0 aromatic heterocycles. The molecule has 0 aliphatic carbocycles. The van der Waals surface area contributed by atoms with Crippen molar-refractivity contribution >= 4 is 17.8 Å². The lowest BCUT2D eigenvalue weighted by Gasteiger charge is -2.28. The molecule has 1 unspecified atom stereocenters. The standard InChI is InChI=1S/C23H35N3O4/c1-17-7-9-18(10-8-17)14-26-15-19(13-20(26)27)22(29)25(12-11-24(5)6)16-21(28)30-23(2,3)4/h7-10,19H,11-16H2,1-6H3. The molecule has 0 bridgehead atoms. The normalized spacial score (nSPS) is 16.8. The molecule has 1 fully saturated rings. The Balaban J connectivity index is 2.03. The van der Waals surface area contributed by atoms with E-state index in [0.29, 0.717) is 26.2 Å². The van der Waals surface area contributed by atoms with Crippen LogP contribution in [-0.2, 0) is 25.7 Å². The Morgan fingerprint density at radius 2 is 1.77 bits per heavy atom. The average molecular weight is 418 g/mol. The molecule has 1 aromatic carbocycles. The molecule has 1 aliphatic heterocycles. The number of likely N-dealkylation sites (tertiary alicyclic amines) is 1. The number of carbonyl (C=O) groups is 3. The molecule has 0 radical (unpaired) electrons. The van der Waals surface area contributed by atoms with Gasteiger partial charge in [0.2, 0.25) is 11.8 Å². The monoisotopic (exact) mass is 417 g/mol. The molecule has 1 atom stereocenters. The Morgan fingerprint density at radius 3 is 2.33 bits per heavy atom. The predicted molar refractivity (Wildman–Crippen MR) is 116 cm³/mol. The van der Waals surface area contributed by atoms with Crippen LogP contribution in [0, 0.1) is 12.8 Å². The van der Waals surface area contributed by atoms with Gasteiger partial charge in [0.1, 0.15) is 12.1 Å². The topological polar surface area (TPSA) is 70.2 Å². The molecule has 1 aliphatic rings. The van der Waals surface area contributed by atoms with Gasteiger partial charge >= 0.3 is 5.97 Å². The summed E-state index contributed by atoms with van der Waals surface area (Å²) in [7, 11) is 3.83. The summed E-state index contributed by atoms with van der Waals surface area (Å²) < 4.78 is 5.39. The van der Waals surface area contributed by atoms with Crippen molar-refractivity contribution in [3.8, 4) is 0 Å². The number of esters is 1. The third kappa shape index (κ3) is 7.44. The molecule has 1 heterocycles. The van der Waals surface area contributed by atoms with Gasteiger partial charge in [0, 0.05) is 32.6 Å². The van der Waals surface area contributed by atoms with Crippen LogP contribution in [-0.4, -0.2) is 78.4 Å². The van der Waals surface area contributed by atoms with E-state index in [0.717, 1.165) is 5.56 Å². The lowest BCUT2D eigenvalue weighted by atomic mass is 10.1. The lowest BCUT2D eigenvalue weighted by Crippen LogP contribution is -2.45. The third-order valence-electron chi connectivity index (χ3n) is 4.93. The maximum absolute atomic E-state index is 13.2. The van der Waals surface area contributed by atoms with E-state index in [4.69, 9.17) is 4.74 Å². The Bertz CT molecular complexity index is 753. The second-order valence-corrected chi connectivity index (χ2v) is 9.31. The van der Waals surface area contributed by atoms with E-state index in [1.807, 2.05) is 50.2 Å². The van der Waals surface area contributed by atoms with Crippen molar-refractivity contribution in [3.63, 3.8) is 0 Å². The third-order valence-corrected chi connectivity index (χ3v) is 4.93. The Kier molecular flexibility index (Phi) is 8.01. The van der Waals surface area contributed by atoms with E-state index in [1.165, 1.54) is 10.5 Å². The van der Waals surface area contributed by atoms with Crippen LogP contribution in [0.5, 0.6) is 0 Å². The summed E-state index contributed by atoms with van der Waals surface area (Å²) >= 11 is 0. The van der Waals surface area contributed by atoms with Crippen LogP contribution in [0.15, 0.2) is 24.3 Å². The molecule has 2 rings (SSSR count). The van der Waals surface area contributed by atoms with Crippen LogP contribution >= 0.6 is 0 Å². The zero-order chi connectivity index (χ0) is 22.5. The zero-order valence-electron chi connectivity index (χ0n) is 19.1. The van der Waals surface area contributed by atoms with Crippen molar-refractivity contribution in [2.24, 2.45) is 5.92 Å². The molecule has 7 heteroatoms. The van der Waals surface area contributed by atoms with Crippen molar-refractivity contribution in [2.45, 2.75) is 46.3 Å². The number of ether oxygens (including phenoxy) is 1. The Morgan fingerprint density at radius 1 is 1.13 bits per heavy atom. The highest BCUT2D eigenvalue weighted by molar-refractivity contribution is 5.90. The van der Waals surface area contributed by atoms with Crippen molar-refractivity contribution in [3.05, 3.63) is 35.4 Å². The van der Waals surface area contributed by atoms with Crippen LogP contribution in [0.1, 0.15) is 38.3 Å². The number of rotatable bonds is 8. The zero-order valence-corrected chi connectivity index (χ0v) is 19.1. The molecule has 7 nitrogen and oxygen atoms in total. The van der Waals surface area contributed by atoms with Crippen LogP contribution < -0.4 is 0 Å². The minimum absolute atomic E-state index is 0.0289. The summed E-state index contributed by atoms with van der Waals surface area (Å²) in [5, 5.41) is 0. The molecule has 166 valence electrons. The van der Waals surface area contributed by atoms with E-state index < -0.39 is 17.5 Å². The number of hydrogen-bond donors (Lipinski definition) is 0. The van der Waals surface area contributed by atoms with Gasteiger partial charge in [-0.1, -0.05) is 29.8 Å². The number of nitrogens with zero attached hydrogens (tertiary/aromatic N) is 3. The second-order valence-electron chi connectivity index (χ2n) is 9.31. The highest BCUT2D eigenvalue weighted by atomic mass is 16.6. The van der Waals surface area contributed by atoms with Gasteiger partial charge in [0.25, 0.3) is 0 Å². The highest BCUT2D eigenvalue weighted by Gasteiger charge is 2.37. The summed E-state index contributed by atoms with van der Waals surface area (Å²) in [6.45, 7) is 9.22. The molecule has 30 heavy (non-hydrogen) atoms. The predicted octanol–water partition coefficient (Wildman–Crippen LogP) is 2.08. The van der Waals surface area contributed by atoms with Crippen LogP contribution in [0.25, 0.3) is 0 Å². The van der Waals surface area contributed by atoms with Crippen molar-refractivity contribution in [1.29, 1.82) is 0 Å². The van der Waals surface area contributed by atoms with E-state index in [9.17, 15) is 14.4 Å². The van der Waals surface area contributed by atoms with Gasteiger partial charge in [-0.25, -0.2) is 0 Å². The van der Waals surface area contributed by atoms with Crippen LogP contribution in [0.4, 0.5) is 0 Å². The van der Waals surface area contributed by atoms with Gasteiger partial charge in [-0.15, -0.1) is 0 Å². The molecular weight excluding hydrogens is 382 g/mol. The number of carbonyl (C=O) groups excluding carboxylic acids is 3. The van der Waals surface area contributed by atoms with E-state index in [-0.39, 0.29) is 24.8 Å². The Labute approximate surface area is 180 Å². The smallest absolute Gasteiger partial charge is 0.326 e. The summed E-state index contributed by atoms with van der Waals surface area (Å²) in [6, 6.07) is 8.04. The molecule has 0 spiro atoms. The summed E-state index contributed by atoms with van der Waals surface area (Å²) in [5.41, 5.74) is 1.60. The van der Waals surface area contributed by atoms with E-state index in [1.54, 1.807) is 25.7 Å². The van der Waals surface area contributed by atoms with Crippen molar-refractivity contribution in [2.75, 3.05) is 40.3 Å². The molecular formula is C23H35N3O4. The minimum atomic E-state index is -0.610. The SMILES string of the molecule is Cc1ccc(CN2CC(C(=O)N(CCN(C)C)CC(=O)OC(C)(C)C)CC2=O)cc1. The fourth-order valence-corrected chi connectivity index (χ4v) is 3.38. The minimum Gasteiger partial charge on any atom is -0.459 e. The number of aryl methyl sites for hydroxylation is 1. The number of hydrogen-bond acceptors (Lipinski definition) is 5. The fourth-order valence-electron chi connectivity index (χ4n) is 3.38. The van der Waals surface area contributed by atoms with Gasteiger partial charge in [-0.3, -0.25) is 14.4 Å². The maximum Gasteiger partial charge on any atom is 0.326 e. The maximum atomic E-state index is 13.2. The molecule has 1 aromatic rings.